The molecule has 9 heteroatoms. The lowest BCUT2D eigenvalue weighted by Crippen LogP contribution is -2.69. The van der Waals surface area contributed by atoms with E-state index in [0.29, 0.717) is 19.6 Å². The second-order valence-corrected chi connectivity index (χ2v) is 10.3. The second kappa shape index (κ2) is 10.4. The van der Waals surface area contributed by atoms with Gasteiger partial charge >= 0.3 is 0 Å². The Kier molecular flexibility index (Phi) is 7.76. The maximum absolute atomic E-state index is 13.3. The summed E-state index contributed by atoms with van der Waals surface area (Å²) in [5.74, 6) is -0.0149. The van der Waals surface area contributed by atoms with Gasteiger partial charge in [-0.3, -0.25) is 9.59 Å². The van der Waals surface area contributed by atoms with Crippen molar-refractivity contribution in [3.63, 3.8) is 0 Å². The average molecular weight is 474 g/mol. The largest absolute Gasteiger partial charge is 0.494 e. The highest BCUT2D eigenvalue weighted by molar-refractivity contribution is 7.88. The molecule has 3 rings (SSSR count). The second-order valence-electron chi connectivity index (χ2n) is 8.35. The molecule has 0 bridgehead atoms. The smallest absolute Gasteiger partial charge is 0.247 e. The summed E-state index contributed by atoms with van der Waals surface area (Å²) < 4.78 is 30.9. The lowest BCUT2D eigenvalue weighted by Gasteiger charge is -2.46. The maximum Gasteiger partial charge on any atom is 0.247 e. The maximum atomic E-state index is 13.3. The van der Waals surface area contributed by atoms with E-state index in [0.717, 1.165) is 27.4 Å². The van der Waals surface area contributed by atoms with Crippen molar-refractivity contribution in [2.24, 2.45) is 0 Å². The van der Waals surface area contributed by atoms with Crippen molar-refractivity contribution < 1.29 is 22.7 Å². The van der Waals surface area contributed by atoms with E-state index in [1.165, 1.54) is 4.90 Å². The van der Waals surface area contributed by atoms with Gasteiger partial charge in [0, 0.05) is 19.6 Å². The molecule has 0 aromatic heterocycles. The monoisotopic (exact) mass is 473 g/mol. The van der Waals surface area contributed by atoms with Crippen LogP contribution in [0.25, 0.3) is 0 Å². The van der Waals surface area contributed by atoms with Crippen molar-refractivity contribution in [2.75, 3.05) is 32.5 Å². The van der Waals surface area contributed by atoms with E-state index < -0.39 is 21.5 Å². The third-order valence-corrected chi connectivity index (χ3v) is 7.00. The molecule has 33 heavy (non-hydrogen) atoms. The van der Waals surface area contributed by atoms with E-state index in [1.807, 2.05) is 61.5 Å². The SMILES string of the molecule is CCOc1ccc(CCN2C(=O)CN(S(C)(=O)=O)C[C@]2(C)C(=O)NCc2ccccc2)cc1. The van der Waals surface area contributed by atoms with Gasteiger partial charge in [-0.15, -0.1) is 0 Å². The van der Waals surface area contributed by atoms with Gasteiger partial charge in [0.15, 0.2) is 0 Å². The lowest BCUT2D eigenvalue weighted by atomic mass is 9.94. The number of amides is 2. The molecule has 8 nitrogen and oxygen atoms in total. The number of piperazine rings is 1. The normalized spacial score (nSPS) is 19.4. The van der Waals surface area contributed by atoms with Crippen molar-refractivity contribution >= 4 is 21.8 Å². The van der Waals surface area contributed by atoms with Crippen molar-refractivity contribution in [3.8, 4) is 5.75 Å². The van der Waals surface area contributed by atoms with Gasteiger partial charge in [-0.1, -0.05) is 42.5 Å². The Labute approximate surface area is 195 Å². The number of carbonyl (C=O) groups is 2. The molecule has 178 valence electrons. The van der Waals surface area contributed by atoms with Crippen LogP contribution in [0, 0.1) is 0 Å². The Morgan fingerprint density at radius 2 is 1.76 bits per heavy atom. The Hall–Kier alpha value is -2.91. The Bertz CT molecular complexity index is 1070. The Morgan fingerprint density at radius 3 is 2.36 bits per heavy atom. The van der Waals surface area contributed by atoms with Gasteiger partial charge < -0.3 is 15.0 Å². The molecule has 2 aromatic rings. The number of benzene rings is 2. The molecule has 1 atom stereocenters. The summed E-state index contributed by atoms with van der Waals surface area (Å²) in [6.45, 7) is 4.33. The lowest BCUT2D eigenvalue weighted by molar-refractivity contribution is -0.152. The molecule has 1 aliphatic rings. The van der Waals surface area contributed by atoms with E-state index in [9.17, 15) is 18.0 Å². The van der Waals surface area contributed by atoms with Crippen molar-refractivity contribution in [1.29, 1.82) is 0 Å². The minimum absolute atomic E-state index is 0.0958. The van der Waals surface area contributed by atoms with Gasteiger partial charge in [-0.2, -0.15) is 4.31 Å². The molecule has 1 aliphatic heterocycles. The highest BCUT2D eigenvalue weighted by Gasteiger charge is 2.49. The summed E-state index contributed by atoms with van der Waals surface area (Å²) >= 11 is 0. The third-order valence-electron chi connectivity index (χ3n) is 5.81. The molecule has 1 N–H and O–H groups in total. The summed E-state index contributed by atoms with van der Waals surface area (Å²) in [5.41, 5.74) is 0.569. The minimum atomic E-state index is -3.64. The van der Waals surface area contributed by atoms with E-state index in [4.69, 9.17) is 4.74 Å². The molecule has 0 saturated carbocycles. The summed E-state index contributed by atoms with van der Waals surface area (Å²) in [6, 6.07) is 17.0. The molecule has 2 amide bonds. The van der Waals surface area contributed by atoms with Crippen LogP contribution in [0.15, 0.2) is 54.6 Å². The third kappa shape index (κ3) is 6.11. The summed E-state index contributed by atoms with van der Waals surface area (Å²) in [6.07, 6.45) is 1.58. The first-order valence-electron chi connectivity index (χ1n) is 10.9. The molecule has 1 fully saturated rings. The van der Waals surface area contributed by atoms with Crippen LogP contribution in [-0.4, -0.2) is 67.5 Å². The molecular formula is C24H31N3O5S. The molecule has 0 unspecified atom stereocenters. The molecule has 0 aliphatic carbocycles. The van der Waals surface area contributed by atoms with E-state index in [1.54, 1.807) is 6.92 Å². The highest BCUT2D eigenvalue weighted by Crippen LogP contribution is 2.25. The van der Waals surface area contributed by atoms with Crippen LogP contribution < -0.4 is 10.1 Å². The van der Waals surface area contributed by atoms with Crippen LogP contribution in [0.5, 0.6) is 5.75 Å². The van der Waals surface area contributed by atoms with Crippen LogP contribution >= 0.6 is 0 Å². The van der Waals surface area contributed by atoms with Gasteiger partial charge in [-0.25, -0.2) is 8.42 Å². The summed E-state index contributed by atoms with van der Waals surface area (Å²) in [5, 5.41) is 2.88. The number of hydrogen-bond donors (Lipinski definition) is 1. The Balaban J connectivity index is 1.78. The predicted octanol–water partition coefficient (Wildman–Crippen LogP) is 1.81. The van der Waals surface area contributed by atoms with E-state index in [-0.39, 0.29) is 25.5 Å². The molecular weight excluding hydrogens is 442 g/mol. The number of hydrogen-bond acceptors (Lipinski definition) is 5. The fourth-order valence-electron chi connectivity index (χ4n) is 3.92. The van der Waals surface area contributed by atoms with Crippen molar-refractivity contribution in [3.05, 3.63) is 65.7 Å². The number of carbonyl (C=O) groups excluding carboxylic acids is 2. The van der Waals surface area contributed by atoms with Gasteiger partial charge in [0.1, 0.15) is 11.3 Å². The van der Waals surface area contributed by atoms with Crippen LogP contribution in [-0.2, 0) is 32.6 Å². The highest BCUT2D eigenvalue weighted by atomic mass is 32.2. The Morgan fingerprint density at radius 1 is 1.09 bits per heavy atom. The predicted molar refractivity (Wildman–Crippen MR) is 126 cm³/mol. The van der Waals surface area contributed by atoms with Gasteiger partial charge in [0.25, 0.3) is 0 Å². The number of nitrogens with one attached hydrogen (secondary N) is 1. The average Bonchev–Trinajstić information content (AvgIpc) is 2.78. The van der Waals surface area contributed by atoms with E-state index in [2.05, 4.69) is 5.32 Å². The first kappa shape index (κ1) is 24.7. The van der Waals surface area contributed by atoms with Crippen LogP contribution in [0.2, 0.25) is 0 Å². The minimum Gasteiger partial charge on any atom is -0.494 e. The van der Waals surface area contributed by atoms with Crippen LogP contribution in [0.3, 0.4) is 0 Å². The number of rotatable bonds is 9. The zero-order valence-electron chi connectivity index (χ0n) is 19.3. The quantitative estimate of drug-likeness (QED) is 0.599. The van der Waals surface area contributed by atoms with Crippen molar-refractivity contribution in [1.82, 2.24) is 14.5 Å². The van der Waals surface area contributed by atoms with Gasteiger partial charge in [0.05, 0.1) is 19.4 Å². The zero-order chi connectivity index (χ0) is 24.1. The van der Waals surface area contributed by atoms with Crippen LogP contribution in [0.1, 0.15) is 25.0 Å². The summed E-state index contributed by atoms with van der Waals surface area (Å²) in [4.78, 5) is 27.8. The first-order valence-corrected chi connectivity index (χ1v) is 12.8. The standard InChI is InChI=1S/C24H31N3O5S/c1-4-32-21-12-10-19(11-13-21)14-15-27-22(28)17-26(33(3,30)31)18-24(27,2)23(29)25-16-20-8-6-5-7-9-20/h5-13H,4,14-18H2,1-3H3,(H,25,29)/t24-/m1/s1. The first-order chi connectivity index (χ1) is 15.6. The topological polar surface area (TPSA) is 96.0 Å². The molecule has 2 aromatic carbocycles. The van der Waals surface area contributed by atoms with Gasteiger partial charge in [-0.05, 0) is 43.5 Å². The number of nitrogens with zero attached hydrogens (tertiary/aromatic N) is 2. The number of ether oxygens (including phenoxy) is 1. The van der Waals surface area contributed by atoms with Crippen LogP contribution in [0.4, 0.5) is 0 Å². The fourth-order valence-corrected chi connectivity index (χ4v) is 4.76. The number of sulfonamides is 1. The van der Waals surface area contributed by atoms with Gasteiger partial charge in [0.2, 0.25) is 21.8 Å². The molecule has 1 saturated heterocycles. The summed E-state index contributed by atoms with van der Waals surface area (Å²) in [7, 11) is -3.64. The fraction of sp³-hybridized carbons (Fsp3) is 0.417. The zero-order valence-corrected chi connectivity index (χ0v) is 20.1. The molecule has 0 radical (unpaired) electrons. The molecule has 0 spiro atoms. The van der Waals surface area contributed by atoms with E-state index >= 15 is 0 Å². The molecule has 1 heterocycles. The van der Waals surface area contributed by atoms with Crippen molar-refractivity contribution in [2.45, 2.75) is 32.4 Å².